The average Bonchev–Trinajstić information content (AvgIpc) is 2.54. The van der Waals surface area contributed by atoms with Gasteiger partial charge in [0.05, 0.1) is 28.1 Å². The lowest BCUT2D eigenvalue weighted by Crippen LogP contribution is -2.37. The fraction of sp³-hybridized carbons (Fsp3) is 0.188. The van der Waals surface area contributed by atoms with Crippen LogP contribution in [-0.2, 0) is 14.8 Å². The van der Waals surface area contributed by atoms with Crippen LogP contribution in [0.3, 0.4) is 0 Å². The lowest BCUT2D eigenvalue weighted by atomic mass is 10.1. The lowest BCUT2D eigenvalue weighted by molar-refractivity contribution is -0.385. The summed E-state index contributed by atoms with van der Waals surface area (Å²) in [5.74, 6) is -0.616. The van der Waals surface area contributed by atoms with Gasteiger partial charge in [-0.2, -0.15) is 0 Å². The number of anilines is 2. The molecular weight excluding hydrogens is 426 g/mol. The van der Waals surface area contributed by atoms with Crippen molar-refractivity contribution in [1.29, 1.82) is 0 Å². The smallest absolute Gasteiger partial charge is 0.274 e. The van der Waals surface area contributed by atoms with Gasteiger partial charge in [0, 0.05) is 10.5 Å². The third-order valence-electron chi connectivity index (χ3n) is 3.58. The second kappa shape index (κ2) is 7.83. The third kappa shape index (κ3) is 4.58. The maximum Gasteiger partial charge on any atom is 0.274 e. The number of benzene rings is 2. The highest BCUT2D eigenvalue weighted by molar-refractivity contribution is 9.10. The summed E-state index contributed by atoms with van der Waals surface area (Å²) in [5.41, 5.74) is 0.733. The monoisotopic (exact) mass is 441 g/mol. The van der Waals surface area contributed by atoms with Crippen molar-refractivity contribution >= 4 is 48.9 Å². The number of rotatable bonds is 6. The molecule has 138 valence electrons. The summed E-state index contributed by atoms with van der Waals surface area (Å²) in [6.45, 7) is 1.04. The second-order valence-electron chi connectivity index (χ2n) is 5.48. The first-order valence-corrected chi connectivity index (χ1v) is 10.0. The maximum absolute atomic E-state index is 12.4. The lowest BCUT2D eigenvalue weighted by Gasteiger charge is -2.23. The molecule has 10 heteroatoms. The third-order valence-corrected chi connectivity index (χ3v) is 5.38. The predicted octanol–water partition coefficient (Wildman–Crippen LogP) is 3.07. The van der Waals surface area contributed by atoms with E-state index < -0.39 is 27.4 Å². The molecule has 0 spiro atoms. The van der Waals surface area contributed by atoms with Crippen LogP contribution in [0.1, 0.15) is 5.56 Å². The van der Waals surface area contributed by atoms with Gasteiger partial charge in [-0.25, -0.2) is 8.42 Å². The number of nitrogens with one attached hydrogen (secondary N) is 1. The quantitative estimate of drug-likeness (QED) is 0.546. The van der Waals surface area contributed by atoms with E-state index in [4.69, 9.17) is 0 Å². The van der Waals surface area contributed by atoms with Crippen LogP contribution < -0.4 is 9.62 Å². The molecule has 0 saturated heterocycles. The Labute approximate surface area is 159 Å². The van der Waals surface area contributed by atoms with E-state index in [1.165, 1.54) is 25.1 Å². The molecule has 0 aromatic heterocycles. The molecule has 0 aliphatic heterocycles. The zero-order valence-corrected chi connectivity index (χ0v) is 16.4. The van der Waals surface area contributed by atoms with Crippen molar-refractivity contribution in [2.45, 2.75) is 6.92 Å². The molecule has 8 nitrogen and oxygen atoms in total. The van der Waals surface area contributed by atoms with E-state index in [1.807, 2.05) is 0 Å². The van der Waals surface area contributed by atoms with E-state index in [9.17, 15) is 23.3 Å². The predicted molar refractivity (Wildman–Crippen MR) is 103 cm³/mol. The number of hydrogen-bond acceptors (Lipinski definition) is 5. The summed E-state index contributed by atoms with van der Waals surface area (Å²) in [7, 11) is -3.73. The first-order chi connectivity index (χ1) is 12.1. The van der Waals surface area contributed by atoms with Crippen LogP contribution in [0.15, 0.2) is 46.9 Å². The number of nitro groups is 1. The van der Waals surface area contributed by atoms with Crippen LogP contribution in [-0.4, -0.2) is 32.0 Å². The standard InChI is InChI=1S/C16H16BrN3O5S/c1-11-13(7-5-9-14(11)20(22)23)18-16(21)10-19(26(2,24)25)15-8-4-3-6-12(15)17/h3-9H,10H2,1-2H3,(H,18,21). The highest BCUT2D eigenvalue weighted by Gasteiger charge is 2.23. The van der Waals surface area contributed by atoms with Gasteiger partial charge in [-0.05, 0) is 41.1 Å². The summed E-state index contributed by atoms with van der Waals surface area (Å²) in [4.78, 5) is 22.8. The molecule has 2 aromatic carbocycles. The minimum Gasteiger partial charge on any atom is -0.324 e. The van der Waals surface area contributed by atoms with E-state index >= 15 is 0 Å². The Morgan fingerprint density at radius 2 is 1.88 bits per heavy atom. The first-order valence-electron chi connectivity index (χ1n) is 7.37. The summed E-state index contributed by atoms with van der Waals surface area (Å²) < 4.78 is 25.7. The Bertz CT molecular complexity index is 962. The summed E-state index contributed by atoms with van der Waals surface area (Å²) >= 11 is 3.27. The molecule has 26 heavy (non-hydrogen) atoms. The van der Waals surface area contributed by atoms with Crippen molar-refractivity contribution < 1.29 is 18.1 Å². The van der Waals surface area contributed by atoms with Crippen molar-refractivity contribution in [3.8, 4) is 0 Å². The van der Waals surface area contributed by atoms with E-state index in [1.54, 1.807) is 24.3 Å². The minimum atomic E-state index is -3.73. The van der Waals surface area contributed by atoms with Crippen LogP contribution >= 0.6 is 15.9 Å². The van der Waals surface area contributed by atoms with Gasteiger partial charge in [0.2, 0.25) is 15.9 Å². The van der Waals surface area contributed by atoms with Crippen molar-refractivity contribution in [3.05, 3.63) is 62.6 Å². The second-order valence-corrected chi connectivity index (χ2v) is 8.24. The van der Waals surface area contributed by atoms with E-state index in [2.05, 4.69) is 21.2 Å². The number of carbonyl (C=O) groups excluding carboxylic acids is 1. The van der Waals surface area contributed by atoms with Gasteiger partial charge in [-0.3, -0.25) is 19.2 Å². The topological polar surface area (TPSA) is 110 Å². The number of nitro benzene ring substituents is 1. The molecule has 0 saturated carbocycles. The minimum absolute atomic E-state index is 0.131. The van der Waals surface area contributed by atoms with Crippen LogP contribution in [0.2, 0.25) is 0 Å². The maximum atomic E-state index is 12.4. The number of nitrogens with zero attached hydrogens (tertiary/aromatic N) is 2. The van der Waals surface area contributed by atoms with E-state index in [0.29, 0.717) is 10.2 Å². The first kappa shape index (κ1) is 19.9. The normalized spacial score (nSPS) is 11.0. The number of carbonyl (C=O) groups is 1. The Morgan fingerprint density at radius 3 is 2.46 bits per heavy atom. The molecule has 0 fully saturated rings. The van der Waals surface area contributed by atoms with Gasteiger partial charge in [0.25, 0.3) is 5.69 Å². The molecule has 0 unspecified atom stereocenters. The Morgan fingerprint density at radius 1 is 1.23 bits per heavy atom. The van der Waals surface area contributed by atoms with Gasteiger partial charge >= 0.3 is 0 Å². The summed E-state index contributed by atoms with van der Waals surface area (Å²) in [6.07, 6.45) is 0.998. The van der Waals surface area contributed by atoms with Gasteiger partial charge in [0.15, 0.2) is 0 Å². The Kier molecular flexibility index (Phi) is 5.98. The van der Waals surface area contributed by atoms with Crippen LogP contribution in [0.25, 0.3) is 0 Å². The van der Waals surface area contributed by atoms with Gasteiger partial charge in [-0.15, -0.1) is 0 Å². The summed E-state index contributed by atoms with van der Waals surface area (Å²) in [6, 6.07) is 10.9. The Balaban J connectivity index is 2.29. The fourth-order valence-electron chi connectivity index (χ4n) is 2.31. The van der Waals surface area contributed by atoms with Gasteiger partial charge in [-0.1, -0.05) is 18.2 Å². The van der Waals surface area contributed by atoms with E-state index in [-0.39, 0.29) is 16.9 Å². The molecule has 0 bridgehead atoms. The molecule has 1 N–H and O–H groups in total. The number of hydrogen-bond donors (Lipinski definition) is 1. The molecule has 0 atom stereocenters. The number of sulfonamides is 1. The molecule has 0 aliphatic carbocycles. The molecule has 2 aromatic rings. The largest absolute Gasteiger partial charge is 0.324 e. The molecule has 0 aliphatic rings. The SMILES string of the molecule is Cc1c(NC(=O)CN(c2ccccc2Br)S(C)(=O)=O)cccc1[N+](=O)[O-]. The van der Waals surface area contributed by atoms with Crippen LogP contribution in [0.5, 0.6) is 0 Å². The molecule has 2 rings (SSSR count). The molecule has 0 heterocycles. The Hall–Kier alpha value is -2.46. The zero-order chi connectivity index (χ0) is 19.5. The van der Waals surface area contributed by atoms with Gasteiger partial charge in [0.1, 0.15) is 6.54 Å². The highest BCUT2D eigenvalue weighted by atomic mass is 79.9. The summed E-state index contributed by atoms with van der Waals surface area (Å²) in [5, 5.41) is 13.5. The van der Waals surface area contributed by atoms with E-state index in [0.717, 1.165) is 10.6 Å². The van der Waals surface area contributed by atoms with Crippen molar-refractivity contribution in [3.63, 3.8) is 0 Å². The van der Waals surface area contributed by atoms with Crippen LogP contribution in [0, 0.1) is 17.0 Å². The zero-order valence-electron chi connectivity index (χ0n) is 14.0. The van der Waals surface area contributed by atoms with Gasteiger partial charge < -0.3 is 5.32 Å². The van der Waals surface area contributed by atoms with Crippen molar-refractivity contribution in [2.24, 2.45) is 0 Å². The highest BCUT2D eigenvalue weighted by Crippen LogP contribution is 2.28. The molecular formula is C16H16BrN3O5S. The number of para-hydroxylation sites is 1. The average molecular weight is 442 g/mol. The number of halogens is 1. The molecule has 0 radical (unpaired) electrons. The van der Waals surface area contributed by atoms with Crippen molar-refractivity contribution in [1.82, 2.24) is 0 Å². The molecule has 1 amide bonds. The number of amides is 1. The van der Waals surface area contributed by atoms with Crippen molar-refractivity contribution in [2.75, 3.05) is 22.4 Å². The fourth-order valence-corrected chi connectivity index (χ4v) is 3.80. The van der Waals surface area contributed by atoms with Crippen LogP contribution in [0.4, 0.5) is 17.1 Å².